The van der Waals surface area contributed by atoms with E-state index in [0.717, 1.165) is 25.7 Å². The van der Waals surface area contributed by atoms with Gasteiger partial charge in [-0.15, -0.1) is 0 Å². The third-order valence-corrected chi connectivity index (χ3v) is 2.97. The van der Waals surface area contributed by atoms with Crippen LogP contribution in [0.25, 0.3) is 0 Å². The van der Waals surface area contributed by atoms with Crippen LogP contribution in [0.2, 0.25) is 0 Å². The fourth-order valence-corrected chi connectivity index (χ4v) is 2.48. The van der Waals surface area contributed by atoms with Gasteiger partial charge in [-0.2, -0.15) is 5.26 Å². The van der Waals surface area contributed by atoms with E-state index >= 15 is 0 Å². The number of amides is 1. The second kappa shape index (κ2) is 2.78. The van der Waals surface area contributed by atoms with Crippen molar-refractivity contribution in [3.63, 3.8) is 0 Å². The van der Waals surface area contributed by atoms with Crippen LogP contribution in [0.3, 0.4) is 0 Å². The molecule has 0 aromatic rings. The summed E-state index contributed by atoms with van der Waals surface area (Å²) in [5.41, 5.74) is 0. The molecule has 1 amide bonds. The first-order chi connectivity index (χ1) is 5.83. The van der Waals surface area contributed by atoms with Crippen LogP contribution in [0.15, 0.2) is 0 Å². The second-order valence-electron chi connectivity index (χ2n) is 3.60. The van der Waals surface area contributed by atoms with E-state index < -0.39 is 0 Å². The maximum Gasteiger partial charge on any atom is 0.237 e. The summed E-state index contributed by atoms with van der Waals surface area (Å²) in [4.78, 5) is 13.4. The molecule has 2 saturated heterocycles. The molecule has 2 bridgehead atoms. The van der Waals surface area contributed by atoms with E-state index in [4.69, 9.17) is 5.26 Å². The molecule has 3 nitrogen and oxygen atoms in total. The Morgan fingerprint density at radius 1 is 1.33 bits per heavy atom. The highest BCUT2D eigenvalue weighted by Gasteiger charge is 2.41. The van der Waals surface area contributed by atoms with Crippen molar-refractivity contribution in [1.29, 1.82) is 5.26 Å². The largest absolute Gasteiger partial charge is 0.336 e. The second-order valence-corrected chi connectivity index (χ2v) is 3.60. The van der Waals surface area contributed by atoms with Crippen molar-refractivity contribution in [1.82, 2.24) is 4.90 Å². The number of rotatable bonds is 1. The molecule has 2 aliphatic heterocycles. The van der Waals surface area contributed by atoms with E-state index in [0.29, 0.717) is 12.1 Å². The zero-order valence-corrected chi connectivity index (χ0v) is 6.99. The normalized spacial score (nSPS) is 32.1. The number of carbonyl (C=O) groups is 1. The van der Waals surface area contributed by atoms with Crippen molar-refractivity contribution in [2.24, 2.45) is 0 Å². The molecule has 0 saturated carbocycles. The van der Waals surface area contributed by atoms with Crippen LogP contribution in [0, 0.1) is 11.3 Å². The number of carbonyl (C=O) groups excluding carboxylic acids is 1. The van der Waals surface area contributed by atoms with E-state index in [-0.39, 0.29) is 12.3 Å². The Kier molecular flexibility index (Phi) is 1.76. The molecule has 12 heavy (non-hydrogen) atoms. The molecular formula is C9H12N2O. The first kappa shape index (κ1) is 7.60. The van der Waals surface area contributed by atoms with Crippen LogP contribution in [-0.2, 0) is 4.79 Å². The Morgan fingerprint density at radius 2 is 1.83 bits per heavy atom. The van der Waals surface area contributed by atoms with Gasteiger partial charge in [0.2, 0.25) is 5.91 Å². The molecule has 0 aliphatic carbocycles. The minimum atomic E-state index is 0.0440. The van der Waals surface area contributed by atoms with Crippen molar-refractivity contribution in [3.05, 3.63) is 0 Å². The molecule has 0 unspecified atom stereocenters. The molecule has 2 rings (SSSR count). The lowest BCUT2D eigenvalue weighted by molar-refractivity contribution is -0.131. The van der Waals surface area contributed by atoms with Crippen LogP contribution < -0.4 is 0 Å². The smallest absolute Gasteiger partial charge is 0.237 e. The summed E-state index contributed by atoms with van der Waals surface area (Å²) in [6.45, 7) is 0. The molecule has 0 aromatic carbocycles. The first-order valence-electron chi connectivity index (χ1n) is 4.51. The Labute approximate surface area is 72.0 Å². The molecule has 2 heterocycles. The highest BCUT2D eigenvalue weighted by molar-refractivity contribution is 5.79. The predicted molar refractivity (Wildman–Crippen MR) is 43.1 cm³/mol. The average Bonchev–Trinajstić information content (AvgIpc) is 2.62. The Balaban J connectivity index is 2.05. The summed E-state index contributed by atoms with van der Waals surface area (Å²) in [6.07, 6.45) is 4.68. The molecular weight excluding hydrogens is 152 g/mol. The number of hydrogen-bond acceptors (Lipinski definition) is 2. The van der Waals surface area contributed by atoms with Crippen LogP contribution in [0.4, 0.5) is 0 Å². The van der Waals surface area contributed by atoms with Gasteiger partial charge in [0, 0.05) is 12.1 Å². The van der Waals surface area contributed by atoms with Crippen molar-refractivity contribution in [2.45, 2.75) is 44.2 Å². The van der Waals surface area contributed by atoms with Crippen molar-refractivity contribution in [3.8, 4) is 6.07 Å². The van der Waals surface area contributed by atoms with Gasteiger partial charge in [-0.05, 0) is 25.7 Å². The highest BCUT2D eigenvalue weighted by atomic mass is 16.2. The Morgan fingerprint density at radius 3 is 2.25 bits per heavy atom. The van der Waals surface area contributed by atoms with Gasteiger partial charge in [0.05, 0.1) is 6.07 Å². The third-order valence-electron chi connectivity index (χ3n) is 2.97. The maximum absolute atomic E-state index is 11.4. The van der Waals surface area contributed by atoms with Gasteiger partial charge in [0.1, 0.15) is 6.42 Å². The topological polar surface area (TPSA) is 44.1 Å². The van der Waals surface area contributed by atoms with Gasteiger partial charge in [-0.25, -0.2) is 0 Å². The number of nitrogens with zero attached hydrogens (tertiary/aromatic N) is 2. The fraction of sp³-hybridized carbons (Fsp3) is 0.778. The maximum atomic E-state index is 11.4. The average molecular weight is 164 g/mol. The minimum absolute atomic E-state index is 0.0440. The molecule has 0 N–H and O–H groups in total. The molecule has 0 atom stereocenters. The van der Waals surface area contributed by atoms with Crippen molar-refractivity contribution < 1.29 is 4.79 Å². The molecule has 2 fully saturated rings. The molecule has 2 aliphatic rings. The van der Waals surface area contributed by atoms with Crippen LogP contribution in [-0.4, -0.2) is 22.9 Å². The van der Waals surface area contributed by atoms with Gasteiger partial charge >= 0.3 is 0 Å². The number of hydrogen-bond donors (Lipinski definition) is 0. The summed E-state index contributed by atoms with van der Waals surface area (Å²) < 4.78 is 0. The Hall–Kier alpha value is -1.04. The molecule has 0 aromatic heterocycles. The molecule has 0 spiro atoms. The van der Waals surface area contributed by atoms with Gasteiger partial charge in [0.15, 0.2) is 0 Å². The number of nitriles is 1. The zero-order chi connectivity index (χ0) is 8.55. The quantitative estimate of drug-likeness (QED) is 0.581. The summed E-state index contributed by atoms with van der Waals surface area (Å²) in [7, 11) is 0. The van der Waals surface area contributed by atoms with Crippen molar-refractivity contribution in [2.75, 3.05) is 0 Å². The Bertz CT molecular complexity index is 223. The lowest BCUT2D eigenvalue weighted by Gasteiger charge is -2.20. The SMILES string of the molecule is N#CCC(=O)N1C2CCC1CC2. The van der Waals surface area contributed by atoms with E-state index in [1.807, 2.05) is 11.0 Å². The zero-order valence-electron chi connectivity index (χ0n) is 6.99. The summed E-state index contributed by atoms with van der Waals surface area (Å²) in [6, 6.07) is 2.86. The minimum Gasteiger partial charge on any atom is -0.336 e. The first-order valence-corrected chi connectivity index (χ1v) is 4.51. The highest BCUT2D eigenvalue weighted by Crippen LogP contribution is 2.37. The summed E-state index contributed by atoms with van der Waals surface area (Å²) in [5.74, 6) is 0.0440. The van der Waals surface area contributed by atoms with Crippen LogP contribution in [0.1, 0.15) is 32.1 Å². The summed E-state index contributed by atoms with van der Waals surface area (Å²) >= 11 is 0. The molecule has 64 valence electrons. The van der Waals surface area contributed by atoms with Gasteiger partial charge in [0.25, 0.3) is 0 Å². The van der Waals surface area contributed by atoms with Gasteiger partial charge in [-0.1, -0.05) is 0 Å². The van der Waals surface area contributed by atoms with Crippen LogP contribution >= 0.6 is 0 Å². The van der Waals surface area contributed by atoms with E-state index in [1.165, 1.54) is 0 Å². The van der Waals surface area contributed by atoms with Gasteiger partial charge < -0.3 is 4.90 Å². The fourth-order valence-electron chi connectivity index (χ4n) is 2.48. The van der Waals surface area contributed by atoms with Gasteiger partial charge in [-0.3, -0.25) is 4.79 Å². The summed E-state index contributed by atoms with van der Waals surface area (Å²) in [5, 5.41) is 8.39. The van der Waals surface area contributed by atoms with E-state index in [1.54, 1.807) is 0 Å². The monoisotopic (exact) mass is 164 g/mol. The lowest BCUT2D eigenvalue weighted by atomic mass is 10.0. The van der Waals surface area contributed by atoms with Crippen molar-refractivity contribution >= 4 is 5.91 Å². The predicted octanol–water partition coefficient (Wildman–Crippen LogP) is 1.05. The van der Waals surface area contributed by atoms with Crippen LogP contribution in [0.5, 0.6) is 0 Å². The molecule has 0 radical (unpaired) electrons. The standard InChI is InChI=1S/C9H12N2O/c10-6-5-9(12)11-7-1-2-8(11)4-3-7/h7-8H,1-5H2. The third kappa shape index (κ3) is 0.989. The van der Waals surface area contributed by atoms with E-state index in [9.17, 15) is 4.79 Å². The lowest BCUT2D eigenvalue weighted by Crippen LogP contribution is -2.34. The molecule has 3 heteroatoms. The number of fused-ring (bicyclic) bond motifs is 2. The van der Waals surface area contributed by atoms with E-state index in [2.05, 4.69) is 0 Å².